The van der Waals surface area contributed by atoms with E-state index >= 15 is 0 Å². The number of hydrazone groups is 1. The van der Waals surface area contributed by atoms with Gasteiger partial charge in [-0.25, -0.2) is 5.43 Å². The van der Waals surface area contributed by atoms with Gasteiger partial charge in [0.15, 0.2) is 17.2 Å². The lowest BCUT2D eigenvalue weighted by atomic mass is 10.1. The first-order chi connectivity index (χ1) is 15.1. The van der Waals surface area contributed by atoms with Gasteiger partial charge >= 0.3 is 0 Å². The molecule has 0 bridgehead atoms. The van der Waals surface area contributed by atoms with Crippen molar-refractivity contribution in [3.8, 4) is 34.3 Å². The van der Waals surface area contributed by atoms with Crippen LogP contribution in [0.3, 0.4) is 0 Å². The minimum absolute atomic E-state index is 0.100. The number of methoxy groups -OCH3 is 3. The third kappa shape index (κ3) is 5.10. The first-order valence-electron chi connectivity index (χ1n) is 9.38. The average Bonchev–Trinajstić information content (AvgIpc) is 2.80. The fraction of sp³-hybridized carbons (Fsp3) is 0.238. The summed E-state index contributed by atoms with van der Waals surface area (Å²) < 4.78 is 21.4. The molecule has 3 rings (SSSR count). The van der Waals surface area contributed by atoms with Crippen molar-refractivity contribution in [1.29, 1.82) is 0 Å². The number of hydrogen-bond acceptors (Lipinski definition) is 9. The molecule has 2 N–H and O–H groups in total. The van der Waals surface area contributed by atoms with Crippen molar-refractivity contribution in [1.82, 2.24) is 15.2 Å². The van der Waals surface area contributed by atoms with Crippen LogP contribution in [0.15, 0.2) is 46.3 Å². The normalized spacial score (nSPS) is 10.7. The third-order valence-electron chi connectivity index (χ3n) is 4.22. The van der Waals surface area contributed by atoms with E-state index in [1.165, 1.54) is 6.21 Å². The van der Waals surface area contributed by atoms with Crippen LogP contribution in [0, 0.1) is 0 Å². The van der Waals surface area contributed by atoms with E-state index < -0.39 is 5.56 Å². The van der Waals surface area contributed by atoms with Crippen LogP contribution < -0.4 is 29.9 Å². The molecule has 1 heterocycles. The van der Waals surface area contributed by atoms with E-state index in [1.54, 1.807) is 57.7 Å². The second-order valence-electron chi connectivity index (χ2n) is 6.14. The number of hydrogen-bond donors (Lipinski definition) is 2. The molecule has 10 heteroatoms. The summed E-state index contributed by atoms with van der Waals surface area (Å²) in [6.45, 7) is 2.35. The van der Waals surface area contributed by atoms with Gasteiger partial charge in [0, 0.05) is 11.1 Å². The van der Waals surface area contributed by atoms with Crippen molar-refractivity contribution in [2.24, 2.45) is 5.10 Å². The van der Waals surface area contributed by atoms with Crippen LogP contribution in [-0.2, 0) is 0 Å². The summed E-state index contributed by atoms with van der Waals surface area (Å²) in [5.41, 5.74) is 3.76. The average molecular weight is 425 g/mol. The molecule has 0 aliphatic carbocycles. The Morgan fingerprint density at radius 3 is 2.26 bits per heavy atom. The van der Waals surface area contributed by atoms with E-state index in [-0.39, 0.29) is 11.6 Å². The zero-order valence-electron chi connectivity index (χ0n) is 17.6. The number of H-pyrrole nitrogens is 1. The van der Waals surface area contributed by atoms with Crippen LogP contribution in [0.5, 0.6) is 23.0 Å². The van der Waals surface area contributed by atoms with Gasteiger partial charge in [0.2, 0.25) is 11.7 Å². The number of rotatable bonds is 9. The van der Waals surface area contributed by atoms with Gasteiger partial charge in [-0.15, -0.1) is 10.2 Å². The van der Waals surface area contributed by atoms with Crippen molar-refractivity contribution < 1.29 is 18.9 Å². The van der Waals surface area contributed by atoms with E-state index in [4.69, 9.17) is 18.9 Å². The summed E-state index contributed by atoms with van der Waals surface area (Å²) in [6.07, 6.45) is 1.53. The summed E-state index contributed by atoms with van der Waals surface area (Å²) in [5, 5.41) is 12.0. The number of ether oxygens (including phenoxy) is 4. The lowest BCUT2D eigenvalue weighted by Crippen LogP contribution is -2.15. The van der Waals surface area contributed by atoms with Crippen molar-refractivity contribution >= 4 is 12.2 Å². The van der Waals surface area contributed by atoms with Crippen LogP contribution in [0.4, 0.5) is 5.95 Å². The van der Waals surface area contributed by atoms with Gasteiger partial charge in [-0.05, 0) is 43.3 Å². The van der Waals surface area contributed by atoms with Gasteiger partial charge in [0.1, 0.15) is 5.75 Å². The minimum Gasteiger partial charge on any atom is -0.497 e. The van der Waals surface area contributed by atoms with Crippen LogP contribution in [0.25, 0.3) is 11.3 Å². The first-order valence-corrected chi connectivity index (χ1v) is 9.38. The Morgan fingerprint density at radius 2 is 1.71 bits per heavy atom. The smallest absolute Gasteiger partial charge is 0.279 e. The number of nitrogens with zero attached hydrogens (tertiary/aromatic N) is 3. The molecule has 0 aliphatic heterocycles. The molecule has 0 saturated carbocycles. The van der Waals surface area contributed by atoms with E-state index in [2.05, 4.69) is 25.7 Å². The molecule has 10 nitrogen and oxygen atoms in total. The Hall–Kier alpha value is -4.08. The molecule has 2 aromatic carbocycles. The molecule has 162 valence electrons. The summed E-state index contributed by atoms with van der Waals surface area (Å²) in [7, 11) is 4.66. The first kappa shape index (κ1) is 21.6. The fourth-order valence-electron chi connectivity index (χ4n) is 2.75. The maximum Gasteiger partial charge on any atom is 0.279 e. The number of aromatic amines is 1. The highest BCUT2D eigenvalue weighted by molar-refractivity contribution is 5.82. The Morgan fingerprint density at radius 1 is 1.03 bits per heavy atom. The molecule has 0 spiro atoms. The highest BCUT2D eigenvalue weighted by Crippen LogP contribution is 2.38. The lowest BCUT2D eigenvalue weighted by Gasteiger charge is -2.14. The Balaban J connectivity index is 1.76. The molecule has 0 fully saturated rings. The zero-order chi connectivity index (χ0) is 22.2. The summed E-state index contributed by atoms with van der Waals surface area (Å²) >= 11 is 0. The SMILES string of the molecule is CCOc1c(OC)cc(/C=N/Nc2nnc(-c3ccc(OC)cc3)c(=O)[nH]2)cc1OC. The maximum atomic E-state index is 12.4. The van der Waals surface area contributed by atoms with Gasteiger partial charge in [-0.3, -0.25) is 9.78 Å². The monoisotopic (exact) mass is 425 g/mol. The summed E-state index contributed by atoms with van der Waals surface area (Å²) in [5.74, 6) is 2.33. The Kier molecular flexibility index (Phi) is 7.05. The van der Waals surface area contributed by atoms with Crippen molar-refractivity contribution in [2.75, 3.05) is 33.4 Å². The molecule has 0 saturated heterocycles. The van der Waals surface area contributed by atoms with Crippen LogP contribution in [0.1, 0.15) is 12.5 Å². The van der Waals surface area contributed by atoms with Gasteiger partial charge in [-0.1, -0.05) is 0 Å². The molecule has 0 amide bonds. The molecule has 3 aromatic rings. The lowest BCUT2D eigenvalue weighted by molar-refractivity contribution is 0.288. The van der Waals surface area contributed by atoms with Crippen LogP contribution >= 0.6 is 0 Å². The molecule has 0 aliphatic rings. The van der Waals surface area contributed by atoms with Gasteiger partial charge in [0.05, 0.1) is 34.2 Å². The summed E-state index contributed by atoms with van der Waals surface area (Å²) in [4.78, 5) is 15.0. The van der Waals surface area contributed by atoms with E-state index in [0.29, 0.717) is 40.7 Å². The highest BCUT2D eigenvalue weighted by Gasteiger charge is 2.13. The fourth-order valence-corrected chi connectivity index (χ4v) is 2.75. The third-order valence-corrected chi connectivity index (χ3v) is 4.22. The molecule has 0 radical (unpaired) electrons. The standard InChI is InChI=1S/C21H23N5O5/c1-5-31-19-16(29-3)10-13(11-17(19)30-4)12-22-25-21-23-20(27)18(24-26-21)14-6-8-15(28-2)9-7-14/h6-12H,5H2,1-4H3,(H2,23,25,26,27)/b22-12+. The zero-order valence-corrected chi connectivity index (χ0v) is 17.6. The molecular formula is C21H23N5O5. The van der Waals surface area contributed by atoms with Crippen LogP contribution in [0.2, 0.25) is 0 Å². The molecular weight excluding hydrogens is 402 g/mol. The van der Waals surface area contributed by atoms with Crippen LogP contribution in [-0.4, -0.2) is 49.3 Å². The topological polar surface area (TPSA) is 120 Å². The molecule has 0 atom stereocenters. The van der Waals surface area contributed by atoms with Crippen molar-refractivity contribution in [2.45, 2.75) is 6.92 Å². The second-order valence-corrected chi connectivity index (χ2v) is 6.14. The van der Waals surface area contributed by atoms with Gasteiger partial charge < -0.3 is 18.9 Å². The molecule has 31 heavy (non-hydrogen) atoms. The number of aromatic nitrogens is 3. The highest BCUT2D eigenvalue weighted by atomic mass is 16.5. The second kappa shape index (κ2) is 10.1. The number of benzene rings is 2. The van der Waals surface area contributed by atoms with E-state index in [1.807, 2.05) is 6.92 Å². The Bertz CT molecular complexity index is 1090. The van der Waals surface area contributed by atoms with E-state index in [9.17, 15) is 4.79 Å². The molecule has 1 aromatic heterocycles. The van der Waals surface area contributed by atoms with Gasteiger partial charge in [0.25, 0.3) is 5.56 Å². The number of nitrogens with one attached hydrogen (secondary N) is 2. The van der Waals surface area contributed by atoms with Gasteiger partial charge in [-0.2, -0.15) is 5.10 Å². The largest absolute Gasteiger partial charge is 0.497 e. The Labute approximate surface area is 178 Å². The number of anilines is 1. The quantitative estimate of drug-likeness (QED) is 0.397. The minimum atomic E-state index is -0.401. The van der Waals surface area contributed by atoms with E-state index in [0.717, 1.165) is 0 Å². The summed E-state index contributed by atoms with van der Waals surface area (Å²) in [6, 6.07) is 10.4. The predicted octanol–water partition coefficient (Wildman–Crippen LogP) is 2.70. The maximum absolute atomic E-state index is 12.4. The predicted molar refractivity (Wildman–Crippen MR) is 117 cm³/mol. The molecule has 0 unspecified atom stereocenters. The van der Waals surface area contributed by atoms with Crippen molar-refractivity contribution in [3.05, 3.63) is 52.3 Å². The van der Waals surface area contributed by atoms with Crippen molar-refractivity contribution in [3.63, 3.8) is 0 Å².